The lowest BCUT2D eigenvalue weighted by molar-refractivity contribution is -0.0363. The van der Waals surface area contributed by atoms with Crippen LogP contribution in [0.3, 0.4) is 0 Å². The van der Waals surface area contributed by atoms with E-state index in [2.05, 4.69) is 42.8 Å². The number of hydrogen-bond donors (Lipinski definition) is 2. The molecule has 2 N–H and O–H groups in total. The number of rotatable bonds is 6. The molecule has 33 heavy (non-hydrogen) atoms. The normalized spacial score (nSPS) is 21.6. The summed E-state index contributed by atoms with van der Waals surface area (Å²) in [7, 11) is 0. The monoisotopic (exact) mass is 443 g/mol. The summed E-state index contributed by atoms with van der Waals surface area (Å²) in [5, 5.41) is 11.3. The zero-order chi connectivity index (χ0) is 22.4. The summed E-state index contributed by atoms with van der Waals surface area (Å²) < 4.78 is 14.1. The van der Waals surface area contributed by atoms with Crippen LogP contribution in [0.25, 0.3) is 16.6 Å². The summed E-state index contributed by atoms with van der Waals surface area (Å²) in [4.78, 5) is 13.1. The molecular weight excluding hydrogens is 418 g/mol. The van der Waals surface area contributed by atoms with Gasteiger partial charge in [-0.05, 0) is 44.0 Å². The summed E-state index contributed by atoms with van der Waals surface area (Å²) >= 11 is 0. The minimum Gasteiger partial charge on any atom is -0.488 e. The number of anilines is 2. The third-order valence-electron chi connectivity index (χ3n) is 6.23. The second-order valence-corrected chi connectivity index (χ2v) is 8.87. The molecule has 0 saturated carbocycles. The van der Waals surface area contributed by atoms with Gasteiger partial charge in [0.05, 0.1) is 36.4 Å². The van der Waals surface area contributed by atoms with Crippen LogP contribution in [-0.4, -0.2) is 56.0 Å². The van der Waals surface area contributed by atoms with Gasteiger partial charge < -0.3 is 20.1 Å². The molecule has 4 aromatic heterocycles. The molecular formula is C24H25N7O2. The summed E-state index contributed by atoms with van der Waals surface area (Å²) in [6, 6.07) is 8.62. The fraction of sp³-hybridized carbons (Fsp3) is 0.333. The Kier molecular flexibility index (Phi) is 4.74. The lowest BCUT2D eigenvalue weighted by atomic mass is 10.0. The van der Waals surface area contributed by atoms with Gasteiger partial charge in [-0.2, -0.15) is 5.10 Å². The standard InChI is InChI=1S/C24H25N7O2/c1-15-5-20(21(10-25-15)32-14-24-8-18(12-33-24)28-13-24)17-3-4-31-19(6-17)7-22(30-31)29-23-11-26-16(2)9-27-23/h3-7,9-11,18,28H,8,12-14H2,1-2H3,(H,27,29,30)/t18-,24-/m0/s1. The number of ether oxygens (including phenoxy) is 2. The minimum atomic E-state index is -0.234. The van der Waals surface area contributed by atoms with Crippen LogP contribution in [0, 0.1) is 13.8 Å². The molecule has 168 valence electrons. The Morgan fingerprint density at radius 3 is 2.79 bits per heavy atom. The largest absolute Gasteiger partial charge is 0.488 e. The molecule has 2 bridgehead atoms. The fourth-order valence-electron chi connectivity index (χ4n) is 4.49. The Balaban J connectivity index is 1.27. The first kappa shape index (κ1) is 20.1. The number of fused-ring (bicyclic) bond motifs is 3. The predicted molar refractivity (Wildman–Crippen MR) is 124 cm³/mol. The lowest BCUT2D eigenvalue weighted by Crippen LogP contribution is -2.43. The van der Waals surface area contributed by atoms with E-state index in [0.717, 1.165) is 53.4 Å². The molecule has 2 atom stereocenters. The smallest absolute Gasteiger partial charge is 0.154 e. The first-order valence-corrected chi connectivity index (χ1v) is 11.1. The Morgan fingerprint density at radius 1 is 1.12 bits per heavy atom. The second kappa shape index (κ2) is 7.79. The molecule has 0 amide bonds. The van der Waals surface area contributed by atoms with Gasteiger partial charge >= 0.3 is 0 Å². The Hall–Kier alpha value is -3.56. The molecule has 6 rings (SSSR count). The highest BCUT2D eigenvalue weighted by Gasteiger charge is 2.47. The Bertz CT molecular complexity index is 1310. The van der Waals surface area contributed by atoms with E-state index in [0.29, 0.717) is 24.3 Å². The SMILES string of the molecule is Cc1cnc(Nc2cc3cc(-c4cc(C)ncc4OC[C@]45CN[C@H](CO4)C5)ccn3n2)cn1. The van der Waals surface area contributed by atoms with Gasteiger partial charge in [-0.15, -0.1) is 0 Å². The molecule has 6 heterocycles. The quantitative estimate of drug-likeness (QED) is 0.469. The van der Waals surface area contributed by atoms with E-state index >= 15 is 0 Å². The van der Waals surface area contributed by atoms with Crippen LogP contribution in [0.2, 0.25) is 0 Å². The van der Waals surface area contributed by atoms with Crippen molar-refractivity contribution in [2.24, 2.45) is 0 Å². The second-order valence-electron chi connectivity index (χ2n) is 8.87. The summed E-state index contributed by atoms with van der Waals surface area (Å²) in [6.45, 7) is 5.98. The molecule has 2 aliphatic heterocycles. The van der Waals surface area contributed by atoms with Gasteiger partial charge in [-0.25, -0.2) is 9.50 Å². The van der Waals surface area contributed by atoms with Crippen LogP contribution in [0.15, 0.2) is 49.1 Å². The van der Waals surface area contributed by atoms with E-state index < -0.39 is 0 Å². The first-order chi connectivity index (χ1) is 16.1. The minimum absolute atomic E-state index is 0.234. The van der Waals surface area contributed by atoms with Crippen molar-refractivity contribution >= 4 is 17.2 Å². The number of nitrogens with one attached hydrogen (secondary N) is 2. The van der Waals surface area contributed by atoms with Crippen LogP contribution in [-0.2, 0) is 4.74 Å². The van der Waals surface area contributed by atoms with Crippen molar-refractivity contribution in [2.45, 2.75) is 31.9 Å². The number of hydrogen-bond acceptors (Lipinski definition) is 8. The van der Waals surface area contributed by atoms with Gasteiger partial charge in [0.1, 0.15) is 23.8 Å². The van der Waals surface area contributed by atoms with Gasteiger partial charge in [-0.3, -0.25) is 9.97 Å². The van der Waals surface area contributed by atoms with Crippen molar-refractivity contribution in [2.75, 3.05) is 25.1 Å². The van der Waals surface area contributed by atoms with Gasteiger partial charge in [0.2, 0.25) is 0 Å². The van der Waals surface area contributed by atoms with Crippen LogP contribution in [0.4, 0.5) is 11.6 Å². The maximum absolute atomic E-state index is 6.28. The van der Waals surface area contributed by atoms with E-state index in [1.165, 1.54) is 0 Å². The van der Waals surface area contributed by atoms with E-state index in [4.69, 9.17) is 9.47 Å². The molecule has 0 aliphatic carbocycles. The molecule has 0 spiro atoms. The van der Waals surface area contributed by atoms with Crippen LogP contribution in [0.5, 0.6) is 5.75 Å². The van der Waals surface area contributed by atoms with Gasteiger partial charge in [0, 0.05) is 36.1 Å². The summed E-state index contributed by atoms with van der Waals surface area (Å²) in [5.41, 5.74) is 4.56. The van der Waals surface area contributed by atoms with Gasteiger partial charge in [0.15, 0.2) is 5.82 Å². The average Bonchev–Trinajstić information content (AvgIpc) is 3.53. The molecule has 9 nitrogen and oxygen atoms in total. The van der Waals surface area contributed by atoms with Crippen molar-refractivity contribution in [1.82, 2.24) is 29.9 Å². The first-order valence-electron chi connectivity index (χ1n) is 11.1. The highest BCUT2D eigenvalue weighted by atomic mass is 16.6. The van der Waals surface area contributed by atoms with Crippen LogP contribution in [0.1, 0.15) is 17.8 Å². The summed E-state index contributed by atoms with van der Waals surface area (Å²) in [6.07, 6.45) is 8.16. The molecule has 0 unspecified atom stereocenters. The molecule has 0 radical (unpaired) electrons. The summed E-state index contributed by atoms with van der Waals surface area (Å²) in [5.74, 6) is 2.11. The van der Waals surface area contributed by atoms with E-state index in [-0.39, 0.29) is 5.60 Å². The molecule has 4 aromatic rings. The van der Waals surface area contributed by atoms with E-state index in [9.17, 15) is 0 Å². The number of nitrogens with zero attached hydrogens (tertiary/aromatic N) is 5. The third-order valence-corrected chi connectivity index (χ3v) is 6.23. The number of aromatic nitrogens is 5. The van der Waals surface area contributed by atoms with Crippen molar-refractivity contribution in [3.05, 3.63) is 60.4 Å². The molecule has 9 heteroatoms. The molecule has 0 aromatic carbocycles. The Labute approximate surface area is 191 Å². The van der Waals surface area contributed by atoms with Crippen LogP contribution < -0.4 is 15.4 Å². The van der Waals surface area contributed by atoms with Crippen LogP contribution >= 0.6 is 0 Å². The van der Waals surface area contributed by atoms with E-state index in [1.807, 2.05) is 36.7 Å². The maximum Gasteiger partial charge on any atom is 0.154 e. The van der Waals surface area contributed by atoms with Gasteiger partial charge in [-0.1, -0.05) is 0 Å². The molecule has 2 fully saturated rings. The van der Waals surface area contributed by atoms with Crippen molar-refractivity contribution in [1.29, 1.82) is 0 Å². The van der Waals surface area contributed by atoms with Crippen molar-refractivity contribution in [3.63, 3.8) is 0 Å². The zero-order valence-corrected chi connectivity index (χ0v) is 18.6. The highest BCUT2D eigenvalue weighted by Crippen LogP contribution is 2.35. The highest BCUT2D eigenvalue weighted by molar-refractivity contribution is 5.75. The van der Waals surface area contributed by atoms with Crippen molar-refractivity contribution in [3.8, 4) is 16.9 Å². The number of aryl methyl sites for hydroxylation is 2. The average molecular weight is 444 g/mol. The fourth-order valence-corrected chi connectivity index (χ4v) is 4.49. The zero-order valence-electron chi connectivity index (χ0n) is 18.6. The molecule has 2 saturated heterocycles. The topological polar surface area (TPSA) is 98.5 Å². The number of morpholine rings is 1. The van der Waals surface area contributed by atoms with Gasteiger partial charge in [0.25, 0.3) is 0 Å². The third kappa shape index (κ3) is 3.90. The Morgan fingerprint density at radius 2 is 2.03 bits per heavy atom. The predicted octanol–water partition coefficient (Wildman–Crippen LogP) is 3.06. The van der Waals surface area contributed by atoms with E-state index in [1.54, 1.807) is 18.6 Å². The lowest BCUT2D eigenvalue weighted by Gasteiger charge is -2.27. The maximum atomic E-state index is 6.28. The number of pyridine rings is 2. The molecule has 2 aliphatic rings. The van der Waals surface area contributed by atoms with Crippen molar-refractivity contribution < 1.29 is 9.47 Å².